The average Bonchev–Trinajstić information content (AvgIpc) is 3.19. The first-order valence-electron chi connectivity index (χ1n) is 10.8. The number of hydrogen-bond acceptors (Lipinski definition) is 3. The van der Waals surface area contributed by atoms with Crippen LogP contribution in [0.3, 0.4) is 0 Å². The van der Waals surface area contributed by atoms with E-state index in [0.717, 1.165) is 43.1 Å². The summed E-state index contributed by atoms with van der Waals surface area (Å²) >= 11 is 0. The van der Waals surface area contributed by atoms with Crippen LogP contribution in [0.5, 0.6) is 0 Å². The van der Waals surface area contributed by atoms with Gasteiger partial charge in [0.2, 0.25) is 0 Å². The van der Waals surface area contributed by atoms with Gasteiger partial charge >= 0.3 is 0 Å². The van der Waals surface area contributed by atoms with Crippen LogP contribution in [0.1, 0.15) is 26.5 Å². The summed E-state index contributed by atoms with van der Waals surface area (Å²) in [6.07, 6.45) is 0. The summed E-state index contributed by atoms with van der Waals surface area (Å²) in [7, 11) is -2.27. The number of para-hydroxylation sites is 1. The van der Waals surface area contributed by atoms with Gasteiger partial charge in [0.15, 0.2) is 5.50 Å². The van der Waals surface area contributed by atoms with Gasteiger partial charge in [0, 0.05) is 31.3 Å². The van der Waals surface area contributed by atoms with Crippen LogP contribution in [-0.4, -0.2) is 36.0 Å². The van der Waals surface area contributed by atoms with E-state index in [9.17, 15) is 4.39 Å². The number of benzene rings is 2. The summed E-state index contributed by atoms with van der Waals surface area (Å²) in [5.74, 6) is 0.736. The van der Waals surface area contributed by atoms with Crippen LogP contribution < -0.4 is 10.4 Å². The molecular weight excluding hydrogens is 408 g/mol. The third kappa shape index (κ3) is 4.22. The molecule has 0 bridgehead atoms. The number of anilines is 1. The predicted octanol–water partition coefficient (Wildman–Crippen LogP) is 6.42. The van der Waals surface area contributed by atoms with Gasteiger partial charge < -0.3 is 9.32 Å². The summed E-state index contributed by atoms with van der Waals surface area (Å²) in [4.78, 5) is 2.14. The van der Waals surface area contributed by atoms with Crippen LogP contribution in [0.4, 0.5) is 15.8 Å². The van der Waals surface area contributed by atoms with Gasteiger partial charge in [-0.05, 0) is 43.3 Å². The summed E-state index contributed by atoms with van der Waals surface area (Å²) in [5, 5.41) is -0.132. The first-order valence-corrected chi connectivity index (χ1v) is 12.5. The van der Waals surface area contributed by atoms with E-state index < -0.39 is 7.21 Å². The van der Waals surface area contributed by atoms with Crippen LogP contribution >= 0.6 is 7.21 Å². The van der Waals surface area contributed by atoms with Crippen molar-refractivity contribution in [2.45, 2.75) is 32.9 Å². The van der Waals surface area contributed by atoms with Crippen LogP contribution in [0.25, 0.3) is 0 Å². The molecule has 6 heteroatoms. The number of aryl methyl sites for hydroxylation is 1. The van der Waals surface area contributed by atoms with E-state index in [4.69, 9.17) is 9.16 Å². The van der Waals surface area contributed by atoms with Crippen LogP contribution in [-0.2, 0) is 0 Å². The predicted molar refractivity (Wildman–Crippen MR) is 128 cm³/mol. The number of halogens is 1. The molecule has 0 spiro atoms. The zero-order valence-corrected chi connectivity index (χ0v) is 19.6. The first kappa shape index (κ1) is 21.9. The van der Waals surface area contributed by atoms with E-state index in [0.29, 0.717) is 5.69 Å². The van der Waals surface area contributed by atoms with Crippen molar-refractivity contribution in [2.24, 2.45) is 4.74 Å². The average molecular weight is 440 g/mol. The lowest BCUT2D eigenvalue weighted by molar-refractivity contribution is 0.399. The third-order valence-electron chi connectivity index (χ3n) is 5.84. The fourth-order valence-electron chi connectivity index (χ4n) is 4.34. The molecule has 3 aromatic rings. The molecule has 1 aliphatic rings. The van der Waals surface area contributed by atoms with Gasteiger partial charge in [0.1, 0.15) is 18.8 Å². The Balaban J connectivity index is 1.77. The topological polar surface area (TPSA) is 32.0 Å². The molecule has 1 aromatic heterocycles. The van der Waals surface area contributed by atoms with E-state index in [-0.39, 0.29) is 11.0 Å². The normalized spacial score (nSPS) is 17.4. The molecule has 1 aliphatic heterocycles. The third-order valence-corrected chi connectivity index (χ3v) is 10.3. The van der Waals surface area contributed by atoms with E-state index in [2.05, 4.69) is 48.5 Å². The molecule has 0 amide bonds. The van der Waals surface area contributed by atoms with Gasteiger partial charge in [-0.25, -0.2) is 9.14 Å². The highest BCUT2D eigenvalue weighted by Crippen LogP contribution is 2.64. The van der Waals surface area contributed by atoms with Crippen molar-refractivity contribution < 1.29 is 8.81 Å². The Hall–Kier alpha value is -2.36. The number of nitrogens with zero attached hydrogens (tertiary/aromatic N) is 3. The number of piperazine rings is 1. The molecule has 2 aromatic carbocycles. The Morgan fingerprint density at radius 2 is 1.52 bits per heavy atom. The van der Waals surface area contributed by atoms with Crippen molar-refractivity contribution >= 4 is 24.1 Å². The van der Waals surface area contributed by atoms with Gasteiger partial charge in [-0.3, -0.25) is 4.67 Å². The number of furan rings is 1. The van der Waals surface area contributed by atoms with Gasteiger partial charge in [0.25, 0.3) is 0 Å². The SMILES string of the molecule is Cc1ccc(P(=Nc2ccccc2)(N2CCN(c3ccccc3F)CC2)C(C)(C)C)o1. The molecule has 0 saturated carbocycles. The molecule has 0 radical (unpaired) electrons. The van der Waals surface area contributed by atoms with Gasteiger partial charge in [0.05, 0.1) is 11.4 Å². The summed E-state index contributed by atoms with van der Waals surface area (Å²) < 4.78 is 28.6. The van der Waals surface area contributed by atoms with Crippen molar-refractivity contribution in [2.75, 3.05) is 31.1 Å². The molecule has 1 fully saturated rings. The molecule has 2 heterocycles. The second-order valence-electron chi connectivity index (χ2n) is 8.98. The van der Waals surface area contributed by atoms with E-state index in [1.807, 2.05) is 43.3 Å². The lowest BCUT2D eigenvalue weighted by atomic mass is 10.2. The smallest absolute Gasteiger partial charge is 0.157 e. The minimum absolute atomic E-state index is 0.132. The first-order chi connectivity index (χ1) is 14.8. The Morgan fingerprint density at radius 3 is 2.10 bits per heavy atom. The minimum atomic E-state index is -2.27. The molecule has 1 saturated heterocycles. The number of rotatable bonds is 4. The molecule has 0 aliphatic carbocycles. The Morgan fingerprint density at radius 1 is 0.871 bits per heavy atom. The van der Waals surface area contributed by atoms with Crippen molar-refractivity contribution in [1.82, 2.24) is 4.67 Å². The highest BCUT2D eigenvalue weighted by molar-refractivity contribution is 7.72. The van der Waals surface area contributed by atoms with E-state index >= 15 is 0 Å². The van der Waals surface area contributed by atoms with Crippen molar-refractivity contribution in [1.29, 1.82) is 0 Å². The lowest BCUT2D eigenvalue weighted by Gasteiger charge is -2.47. The van der Waals surface area contributed by atoms with E-state index in [1.165, 1.54) is 6.07 Å². The largest absolute Gasteiger partial charge is 0.459 e. The van der Waals surface area contributed by atoms with Crippen LogP contribution in [0.15, 0.2) is 75.9 Å². The second kappa shape index (κ2) is 8.64. The summed E-state index contributed by atoms with van der Waals surface area (Å²) in [6, 6.07) is 21.4. The van der Waals surface area contributed by atoms with Crippen LogP contribution in [0.2, 0.25) is 0 Å². The highest BCUT2D eigenvalue weighted by atomic mass is 31.2. The summed E-state index contributed by atoms with van der Waals surface area (Å²) in [5.41, 5.74) is 2.60. The molecule has 1 atom stereocenters. The molecule has 1 unspecified atom stereocenters. The Bertz CT molecular complexity index is 1080. The monoisotopic (exact) mass is 439 g/mol. The van der Waals surface area contributed by atoms with Gasteiger partial charge in [-0.2, -0.15) is 0 Å². The molecular formula is C25H31FN3OP. The molecule has 4 nitrogen and oxygen atoms in total. The molecule has 164 valence electrons. The maximum atomic E-state index is 14.4. The zero-order valence-electron chi connectivity index (χ0n) is 18.8. The fourth-order valence-corrected chi connectivity index (χ4v) is 8.43. The Kier molecular flexibility index (Phi) is 6.09. The standard InChI is InChI=1S/C25H31FN3OP/c1-20-14-15-24(30-20)31(25(2,3)4,27-21-10-6-5-7-11-21)29-18-16-28(17-19-29)23-13-9-8-12-22(23)26/h5-15H,16-19H2,1-4H3. The van der Waals surface area contributed by atoms with Crippen molar-refractivity contribution in [3.05, 3.63) is 78.3 Å². The quantitative estimate of drug-likeness (QED) is 0.440. The fraction of sp³-hybridized carbons (Fsp3) is 0.360. The van der Waals surface area contributed by atoms with E-state index in [1.54, 1.807) is 6.07 Å². The number of hydrogen-bond donors (Lipinski definition) is 0. The molecule has 0 N–H and O–H groups in total. The maximum absolute atomic E-state index is 14.4. The molecule has 4 rings (SSSR count). The molecule has 31 heavy (non-hydrogen) atoms. The van der Waals surface area contributed by atoms with Gasteiger partial charge in [-0.15, -0.1) is 0 Å². The summed E-state index contributed by atoms with van der Waals surface area (Å²) in [6.45, 7) is 11.9. The van der Waals surface area contributed by atoms with Crippen LogP contribution in [0, 0.1) is 12.7 Å². The minimum Gasteiger partial charge on any atom is -0.459 e. The van der Waals surface area contributed by atoms with Crippen molar-refractivity contribution in [3.63, 3.8) is 0 Å². The van der Waals surface area contributed by atoms with Gasteiger partial charge in [-0.1, -0.05) is 51.1 Å². The lowest BCUT2D eigenvalue weighted by Crippen LogP contribution is -2.49. The Labute approximate surface area is 184 Å². The maximum Gasteiger partial charge on any atom is 0.157 e. The van der Waals surface area contributed by atoms with Crippen molar-refractivity contribution in [3.8, 4) is 0 Å². The highest BCUT2D eigenvalue weighted by Gasteiger charge is 2.44. The zero-order chi connectivity index (χ0) is 22.1. The second-order valence-corrected chi connectivity index (χ2v) is 12.7.